The zero-order valence-electron chi connectivity index (χ0n) is 15.4. The van der Waals surface area contributed by atoms with Crippen LogP contribution in [0.5, 0.6) is 17.4 Å². The van der Waals surface area contributed by atoms with E-state index in [2.05, 4.69) is 10.3 Å². The van der Waals surface area contributed by atoms with E-state index in [-0.39, 0.29) is 12.0 Å². The minimum Gasteiger partial charge on any atom is -0.491 e. The summed E-state index contributed by atoms with van der Waals surface area (Å²) in [7, 11) is 0. The molecule has 0 bridgehead atoms. The molecule has 0 radical (unpaired) electrons. The van der Waals surface area contributed by atoms with E-state index in [4.69, 9.17) is 9.47 Å². The van der Waals surface area contributed by atoms with E-state index in [0.29, 0.717) is 23.7 Å². The van der Waals surface area contributed by atoms with Crippen LogP contribution >= 0.6 is 0 Å². The van der Waals surface area contributed by atoms with E-state index in [1.54, 1.807) is 36.5 Å². The molecule has 2 aromatic carbocycles. The van der Waals surface area contributed by atoms with Gasteiger partial charge in [0.2, 0.25) is 5.88 Å². The van der Waals surface area contributed by atoms with Crippen molar-refractivity contribution in [1.29, 1.82) is 0 Å². The summed E-state index contributed by atoms with van der Waals surface area (Å²) in [5.74, 6) is 1.82. The van der Waals surface area contributed by atoms with Crippen molar-refractivity contribution in [2.75, 3.05) is 0 Å². The molecule has 3 rings (SSSR count). The fourth-order valence-corrected chi connectivity index (χ4v) is 2.49. The molecule has 0 unspecified atom stereocenters. The van der Waals surface area contributed by atoms with Crippen LogP contribution in [0.25, 0.3) is 0 Å². The first-order valence-corrected chi connectivity index (χ1v) is 8.83. The van der Waals surface area contributed by atoms with E-state index in [1.807, 2.05) is 50.2 Å². The number of ether oxygens (including phenoxy) is 2. The predicted molar refractivity (Wildman–Crippen MR) is 104 cm³/mol. The van der Waals surface area contributed by atoms with Gasteiger partial charge in [0.15, 0.2) is 0 Å². The van der Waals surface area contributed by atoms with Gasteiger partial charge in [0.05, 0.1) is 6.10 Å². The lowest BCUT2D eigenvalue weighted by molar-refractivity contribution is 0.0951. The van der Waals surface area contributed by atoms with Crippen LogP contribution in [0, 0.1) is 0 Å². The third-order valence-electron chi connectivity index (χ3n) is 3.70. The molecule has 1 amide bonds. The van der Waals surface area contributed by atoms with Crippen molar-refractivity contribution < 1.29 is 14.3 Å². The Labute approximate surface area is 159 Å². The standard InChI is InChI=1S/C22H22N2O3/c1-16(2)26-19-11-9-18(10-12-19)22(25)24-15-17-6-5-7-20(14-17)27-21-8-3-4-13-23-21/h3-14,16H,15H2,1-2H3,(H,24,25). The molecule has 5 heteroatoms. The van der Waals surface area contributed by atoms with E-state index in [0.717, 1.165) is 11.3 Å². The van der Waals surface area contributed by atoms with Gasteiger partial charge in [-0.2, -0.15) is 0 Å². The number of carbonyl (C=O) groups excluding carboxylic acids is 1. The summed E-state index contributed by atoms with van der Waals surface area (Å²) in [6, 6.07) is 20.2. The number of rotatable bonds is 7. The second-order valence-electron chi connectivity index (χ2n) is 6.29. The molecule has 0 saturated heterocycles. The molecule has 0 spiro atoms. The molecule has 0 aliphatic heterocycles. The minimum absolute atomic E-state index is 0.102. The molecular formula is C22H22N2O3. The van der Waals surface area contributed by atoms with Gasteiger partial charge in [-0.15, -0.1) is 0 Å². The second kappa shape index (κ2) is 8.85. The number of pyridine rings is 1. The van der Waals surface area contributed by atoms with Gasteiger partial charge in [-0.3, -0.25) is 4.79 Å². The molecular weight excluding hydrogens is 340 g/mol. The van der Waals surface area contributed by atoms with Crippen molar-refractivity contribution in [1.82, 2.24) is 10.3 Å². The molecule has 138 valence electrons. The lowest BCUT2D eigenvalue weighted by Crippen LogP contribution is -2.22. The van der Waals surface area contributed by atoms with Crippen molar-refractivity contribution in [2.45, 2.75) is 26.5 Å². The Hall–Kier alpha value is -3.34. The molecule has 0 saturated carbocycles. The largest absolute Gasteiger partial charge is 0.491 e. The normalized spacial score (nSPS) is 10.5. The number of hydrogen-bond acceptors (Lipinski definition) is 4. The minimum atomic E-state index is -0.137. The van der Waals surface area contributed by atoms with Gasteiger partial charge in [-0.05, 0) is 61.9 Å². The lowest BCUT2D eigenvalue weighted by atomic mass is 10.2. The fraction of sp³-hybridized carbons (Fsp3) is 0.182. The van der Waals surface area contributed by atoms with Gasteiger partial charge < -0.3 is 14.8 Å². The van der Waals surface area contributed by atoms with Gasteiger partial charge >= 0.3 is 0 Å². The second-order valence-corrected chi connectivity index (χ2v) is 6.29. The summed E-state index contributed by atoms with van der Waals surface area (Å²) >= 11 is 0. The van der Waals surface area contributed by atoms with Crippen LogP contribution in [0.3, 0.4) is 0 Å². The molecule has 0 aliphatic rings. The molecule has 3 aromatic rings. The third kappa shape index (κ3) is 5.57. The van der Waals surface area contributed by atoms with Crippen LogP contribution in [0.2, 0.25) is 0 Å². The topological polar surface area (TPSA) is 60.5 Å². The van der Waals surface area contributed by atoms with Crippen LogP contribution in [-0.4, -0.2) is 17.0 Å². The third-order valence-corrected chi connectivity index (χ3v) is 3.70. The number of carbonyl (C=O) groups is 1. The number of hydrogen-bond donors (Lipinski definition) is 1. The summed E-state index contributed by atoms with van der Waals surface area (Å²) in [6.45, 7) is 4.33. The van der Waals surface area contributed by atoms with Crippen molar-refractivity contribution in [3.63, 3.8) is 0 Å². The lowest BCUT2D eigenvalue weighted by Gasteiger charge is -2.11. The van der Waals surface area contributed by atoms with Crippen LogP contribution in [0.1, 0.15) is 29.8 Å². The predicted octanol–water partition coefficient (Wildman–Crippen LogP) is 4.59. The number of nitrogens with zero attached hydrogens (tertiary/aromatic N) is 1. The highest BCUT2D eigenvalue weighted by molar-refractivity contribution is 5.94. The average molecular weight is 362 g/mol. The van der Waals surface area contributed by atoms with E-state index < -0.39 is 0 Å². The van der Waals surface area contributed by atoms with Crippen LogP contribution in [0.4, 0.5) is 0 Å². The Morgan fingerprint density at radius 3 is 2.52 bits per heavy atom. The molecule has 0 atom stereocenters. The Kier molecular flexibility index (Phi) is 6.05. The Morgan fingerprint density at radius 2 is 1.81 bits per heavy atom. The van der Waals surface area contributed by atoms with Crippen molar-refractivity contribution in [3.8, 4) is 17.4 Å². The summed E-state index contributed by atoms with van der Waals surface area (Å²) in [6.07, 6.45) is 1.78. The first-order chi connectivity index (χ1) is 13.1. The van der Waals surface area contributed by atoms with Crippen LogP contribution in [-0.2, 0) is 6.54 Å². The molecule has 1 N–H and O–H groups in total. The smallest absolute Gasteiger partial charge is 0.251 e. The van der Waals surface area contributed by atoms with Crippen molar-refractivity contribution in [3.05, 3.63) is 84.1 Å². The van der Waals surface area contributed by atoms with Gasteiger partial charge in [0.25, 0.3) is 5.91 Å². The molecule has 1 heterocycles. The number of nitrogens with one attached hydrogen (secondary N) is 1. The summed E-state index contributed by atoms with van der Waals surface area (Å²) in [5.41, 5.74) is 1.53. The monoisotopic (exact) mass is 362 g/mol. The first-order valence-electron chi connectivity index (χ1n) is 8.83. The molecule has 27 heavy (non-hydrogen) atoms. The van der Waals surface area contributed by atoms with Crippen molar-refractivity contribution in [2.24, 2.45) is 0 Å². The Balaban J connectivity index is 1.58. The molecule has 5 nitrogen and oxygen atoms in total. The molecule has 0 aliphatic carbocycles. The van der Waals surface area contributed by atoms with E-state index in [1.165, 1.54) is 0 Å². The molecule has 1 aromatic heterocycles. The van der Waals surface area contributed by atoms with Gasteiger partial charge in [-0.25, -0.2) is 4.98 Å². The highest BCUT2D eigenvalue weighted by Gasteiger charge is 2.07. The quantitative estimate of drug-likeness (QED) is 0.668. The summed E-state index contributed by atoms with van der Waals surface area (Å²) < 4.78 is 11.3. The van der Waals surface area contributed by atoms with Crippen molar-refractivity contribution >= 4 is 5.91 Å². The van der Waals surface area contributed by atoms with Gasteiger partial charge in [0, 0.05) is 24.4 Å². The number of amides is 1. The highest BCUT2D eigenvalue weighted by atomic mass is 16.5. The molecule has 0 fully saturated rings. The summed E-state index contributed by atoms with van der Waals surface area (Å²) in [4.78, 5) is 16.5. The van der Waals surface area contributed by atoms with E-state index in [9.17, 15) is 4.79 Å². The average Bonchev–Trinajstić information content (AvgIpc) is 2.67. The maximum absolute atomic E-state index is 12.3. The Bertz CT molecular complexity index is 878. The zero-order chi connectivity index (χ0) is 19.1. The van der Waals surface area contributed by atoms with Gasteiger partial charge in [0.1, 0.15) is 11.5 Å². The SMILES string of the molecule is CC(C)Oc1ccc(C(=O)NCc2cccc(Oc3ccccn3)c2)cc1. The van der Waals surface area contributed by atoms with Gasteiger partial charge in [-0.1, -0.05) is 18.2 Å². The highest BCUT2D eigenvalue weighted by Crippen LogP contribution is 2.20. The maximum atomic E-state index is 12.3. The number of aromatic nitrogens is 1. The maximum Gasteiger partial charge on any atom is 0.251 e. The van der Waals surface area contributed by atoms with E-state index >= 15 is 0 Å². The van der Waals surface area contributed by atoms with Crippen LogP contribution < -0.4 is 14.8 Å². The zero-order valence-corrected chi connectivity index (χ0v) is 15.4. The van der Waals surface area contributed by atoms with Crippen LogP contribution in [0.15, 0.2) is 72.9 Å². The first kappa shape index (κ1) is 18.5. The summed E-state index contributed by atoms with van der Waals surface area (Å²) in [5, 5.41) is 2.92. The number of benzene rings is 2. The fourth-order valence-electron chi connectivity index (χ4n) is 2.49. The Morgan fingerprint density at radius 1 is 1.00 bits per heavy atom.